The number of hydrogen-bond acceptors (Lipinski definition) is 4. The van der Waals surface area contributed by atoms with Gasteiger partial charge in [0.25, 0.3) is 11.8 Å². The highest BCUT2D eigenvalue weighted by Crippen LogP contribution is 2.34. The first kappa shape index (κ1) is 15.3. The van der Waals surface area contributed by atoms with Crippen LogP contribution in [0.1, 0.15) is 18.9 Å². The average Bonchev–Trinajstić information content (AvgIpc) is 2.65. The number of nitrogens with one attached hydrogen (secondary N) is 1. The Bertz CT molecular complexity index is 643. The van der Waals surface area contributed by atoms with Crippen LogP contribution < -0.4 is 5.43 Å². The number of carbonyl (C=O) groups is 2. The number of imide groups is 1. The third-order valence-electron chi connectivity index (χ3n) is 2.76. The Kier molecular flexibility index (Phi) is 3.91. The van der Waals surface area contributed by atoms with E-state index in [1.165, 1.54) is 0 Å². The molecule has 112 valence electrons. The number of hydrazine groups is 1. The van der Waals surface area contributed by atoms with Crippen LogP contribution in [0.5, 0.6) is 0 Å². The largest absolute Gasteiger partial charge is 0.419 e. The molecule has 2 heterocycles. The molecule has 0 radical (unpaired) electrons. The molecule has 0 bridgehead atoms. The Morgan fingerprint density at radius 1 is 1.33 bits per heavy atom. The van der Waals surface area contributed by atoms with Gasteiger partial charge >= 0.3 is 6.18 Å². The maximum absolute atomic E-state index is 12.5. The van der Waals surface area contributed by atoms with Gasteiger partial charge in [0.05, 0.1) is 5.56 Å². The molecule has 0 unspecified atom stereocenters. The highest BCUT2D eigenvalue weighted by atomic mass is 35.5. The molecule has 1 N–H and O–H groups in total. The minimum absolute atomic E-state index is 0.138. The molecule has 0 saturated heterocycles. The number of halogens is 4. The number of alkyl halides is 3. The summed E-state index contributed by atoms with van der Waals surface area (Å²) in [5, 5.41) is -0.0969. The number of rotatable bonds is 3. The van der Waals surface area contributed by atoms with Crippen LogP contribution >= 0.6 is 11.6 Å². The van der Waals surface area contributed by atoms with Crippen molar-refractivity contribution >= 4 is 29.2 Å². The molecule has 1 aliphatic heterocycles. The molecule has 1 aliphatic rings. The summed E-state index contributed by atoms with van der Waals surface area (Å²) in [6.45, 7) is 1.70. The third-order valence-corrected chi connectivity index (χ3v) is 3.05. The second-order valence-electron chi connectivity index (χ2n) is 4.15. The van der Waals surface area contributed by atoms with Gasteiger partial charge in [0.2, 0.25) is 0 Å². The van der Waals surface area contributed by atoms with E-state index in [2.05, 4.69) is 10.4 Å². The number of pyridine rings is 1. The van der Waals surface area contributed by atoms with Crippen molar-refractivity contribution in [3.05, 3.63) is 34.5 Å². The first-order valence-electron chi connectivity index (χ1n) is 5.83. The van der Waals surface area contributed by atoms with Crippen molar-refractivity contribution in [2.45, 2.75) is 19.5 Å². The van der Waals surface area contributed by atoms with Crippen LogP contribution in [0, 0.1) is 0 Å². The fourth-order valence-corrected chi connectivity index (χ4v) is 1.96. The molecule has 0 atom stereocenters. The molecule has 1 aromatic heterocycles. The average molecular weight is 320 g/mol. The van der Waals surface area contributed by atoms with Crippen molar-refractivity contribution < 1.29 is 22.8 Å². The van der Waals surface area contributed by atoms with Gasteiger partial charge in [0.1, 0.15) is 11.0 Å². The fraction of sp³-hybridized carbons (Fsp3) is 0.250. The highest BCUT2D eigenvalue weighted by Gasteiger charge is 2.35. The molecular formula is C12H9ClF3N3O2. The van der Waals surface area contributed by atoms with Crippen molar-refractivity contribution in [3.63, 3.8) is 0 Å². The lowest BCUT2D eigenvalue weighted by atomic mass is 10.2. The van der Waals surface area contributed by atoms with E-state index in [9.17, 15) is 22.8 Å². The molecule has 9 heteroatoms. The molecule has 2 amide bonds. The second kappa shape index (κ2) is 5.36. The van der Waals surface area contributed by atoms with Crippen molar-refractivity contribution in [1.29, 1.82) is 0 Å². The van der Waals surface area contributed by atoms with Crippen molar-refractivity contribution in [2.75, 3.05) is 5.43 Å². The molecule has 2 rings (SSSR count). The van der Waals surface area contributed by atoms with Crippen LogP contribution in [-0.2, 0) is 15.8 Å². The number of amides is 2. The molecule has 21 heavy (non-hydrogen) atoms. The van der Waals surface area contributed by atoms with Crippen LogP contribution in [0.3, 0.4) is 0 Å². The summed E-state index contributed by atoms with van der Waals surface area (Å²) in [4.78, 5) is 26.9. The van der Waals surface area contributed by atoms with E-state index in [0.717, 1.165) is 18.2 Å². The lowest BCUT2D eigenvalue weighted by Gasteiger charge is -2.17. The van der Waals surface area contributed by atoms with E-state index in [1.54, 1.807) is 6.92 Å². The number of hydrogen-bond donors (Lipinski definition) is 1. The Balaban J connectivity index is 2.21. The standard InChI is InChI=1S/C12H9ClF3N3O2/c1-2-6-5-9(20)19(11(6)21)18-8-4-3-7(10(13)17-8)12(14,15)16/h3-5H,2H2,1H3,(H,17,18). The van der Waals surface area contributed by atoms with Gasteiger partial charge in [-0.25, -0.2) is 4.98 Å². The van der Waals surface area contributed by atoms with E-state index >= 15 is 0 Å². The Morgan fingerprint density at radius 3 is 2.48 bits per heavy atom. The summed E-state index contributed by atoms with van der Waals surface area (Å²) in [6, 6.07) is 1.70. The molecule has 0 spiro atoms. The number of anilines is 1. The summed E-state index contributed by atoms with van der Waals surface area (Å²) in [5.74, 6) is -1.32. The monoisotopic (exact) mass is 319 g/mol. The van der Waals surface area contributed by atoms with Crippen LogP contribution in [0.25, 0.3) is 0 Å². The quantitative estimate of drug-likeness (QED) is 0.687. The minimum Gasteiger partial charge on any atom is -0.271 e. The lowest BCUT2D eigenvalue weighted by molar-refractivity contribution is -0.138. The van der Waals surface area contributed by atoms with E-state index in [-0.39, 0.29) is 5.82 Å². The van der Waals surface area contributed by atoms with Crippen LogP contribution in [0.4, 0.5) is 19.0 Å². The normalized spacial score (nSPS) is 15.5. The topological polar surface area (TPSA) is 62.3 Å². The van der Waals surface area contributed by atoms with E-state index in [1.807, 2.05) is 0 Å². The van der Waals surface area contributed by atoms with E-state index in [0.29, 0.717) is 17.0 Å². The number of aromatic nitrogens is 1. The molecule has 0 saturated carbocycles. The van der Waals surface area contributed by atoms with Gasteiger partial charge in [-0.15, -0.1) is 0 Å². The zero-order valence-corrected chi connectivity index (χ0v) is 11.4. The van der Waals surface area contributed by atoms with Crippen molar-refractivity contribution in [1.82, 2.24) is 9.99 Å². The third kappa shape index (κ3) is 2.99. The maximum Gasteiger partial charge on any atom is 0.419 e. The summed E-state index contributed by atoms with van der Waals surface area (Å²) in [5.41, 5.74) is 1.54. The van der Waals surface area contributed by atoms with Gasteiger partial charge in [-0.1, -0.05) is 18.5 Å². The summed E-state index contributed by atoms with van der Waals surface area (Å²) in [7, 11) is 0. The summed E-state index contributed by atoms with van der Waals surface area (Å²) >= 11 is 5.46. The van der Waals surface area contributed by atoms with Gasteiger partial charge in [-0.3, -0.25) is 15.0 Å². The van der Waals surface area contributed by atoms with E-state index < -0.39 is 28.7 Å². The van der Waals surface area contributed by atoms with Crippen LogP contribution in [0.15, 0.2) is 23.8 Å². The second-order valence-corrected chi connectivity index (χ2v) is 4.50. The lowest BCUT2D eigenvalue weighted by Crippen LogP contribution is -2.36. The summed E-state index contributed by atoms with van der Waals surface area (Å²) < 4.78 is 37.6. The maximum atomic E-state index is 12.5. The Hall–Kier alpha value is -2.09. The van der Waals surface area contributed by atoms with Crippen LogP contribution in [-0.4, -0.2) is 21.8 Å². The van der Waals surface area contributed by atoms with Gasteiger partial charge in [-0.05, 0) is 18.6 Å². The molecule has 0 aliphatic carbocycles. The van der Waals surface area contributed by atoms with Gasteiger partial charge in [0, 0.05) is 11.6 Å². The zero-order valence-electron chi connectivity index (χ0n) is 10.7. The number of nitrogens with zero attached hydrogens (tertiary/aromatic N) is 2. The van der Waals surface area contributed by atoms with E-state index in [4.69, 9.17) is 11.6 Å². The zero-order chi connectivity index (χ0) is 15.8. The molecule has 1 aromatic rings. The minimum atomic E-state index is -4.63. The number of carbonyl (C=O) groups excluding carboxylic acids is 2. The van der Waals surface area contributed by atoms with Crippen molar-refractivity contribution in [3.8, 4) is 0 Å². The first-order valence-corrected chi connectivity index (χ1v) is 6.21. The van der Waals surface area contributed by atoms with Crippen molar-refractivity contribution in [2.24, 2.45) is 0 Å². The first-order chi connectivity index (χ1) is 9.74. The Morgan fingerprint density at radius 2 is 2.00 bits per heavy atom. The highest BCUT2D eigenvalue weighted by molar-refractivity contribution is 6.30. The SMILES string of the molecule is CCC1=CC(=O)N(Nc2ccc(C(F)(F)F)c(Cl)n2)C1=O. The fourth-order valence-electron chi connectivity index (χ4n) is 1.70. The molecule has 5 nitrogen and oxygen atoms in total. The summed E-state index contributed by atoms with van der Waals surface area (Å²) in [6.07, 6.45) is -3.11. The van der Waals surface area contributed by atoms with Gasteiger partial charge in [-0.2, -0.15) is 18.2 Å². The molecule has 0 aromatic carbocycles. The predicted molar refractivity (Wildman–Crippen MR) is 68.1 cm³/mol. The smallest absolute Gasteiger partial charge is 0.271 e. The van der Waals surface area contributed by atoms with Crippen LogP contribution in [0.2, 0.25) is 5.15 Å². The van der Waals surface area contributed by atoms with Gasteiger partial charge < -0.3 is 0 Å². The Labute approximate surface area is 122 Å². The molecular weight excluding hydrogens is 311 g/mol. The molecule has 0 fully saturated rings. The predicted octanol–water partition coefficient (Wildman–Crippen LogP) is 2.79. The van der Waals surface area contributed by atoms with Gasteiger partial charge in [0.15, 0.2) is 0 Å².